The van der Waals surface area contributed by atoms with Gasteiger partial charge in [0.1, 0.15) is 5.82 Å². The fraction of sp³-hybridized carbons (Fsp3) is 0.682. The van der Waals surface area contributed by atoms with Crippen LogP contribution in [0.2, 0.25) is 0 Å². The van der Waals surface area contributed by atoms with E-state index in [2.05, 4.69) is 46.3 Å². The maximum atomic E-state index is 13.6. The third kappa shape index (κ3) is 5.23. The molecule has 1 aromatic rings. The Kier molecular flexibility index (Phi) is 6.94. The number of benzene rings is 1. The molecule has 0 amide bonds. The lowest BCUT2D eigenvalue weighted by Gasteiger charge is -2.40. The highest BCUT2D eigenvalue weighted by molar-refractivity contribution is 5.79. The van der Waals surface area contributed by atoms with E-state index < -0.39 is 0 Å². The molecular formula is C22H36FN5. The van der Waals surface area contributed by atoms with Crippen LogP contribution in [0, 0.1) is 11.7 Å². The summed E-state index contributed by atoms with van der Waals surface area (Å²) in [6, 6.07) is 7.52. The molecule has 1 saturated heterocycles. The molecule has 2 aliphatic rings. The number of hydrogen-bond acceptors (Lipinski definition) is 3. The fourth-order valence-corrected chi connectivity index (χ4v) is 4.15. The van der Waals surface area contributed by atoms with Gasteiger partial charge in [-0.25, -0.2) is 4.39 Å². The lowest BCUT2D eigenvalue weighted by molar-refractivity contribution is 0.0900. The summed E-state index contributed by atoms with van der Waals surface area (Å²) in [7, 11) is 4.01. The summed E-state index contributed by atoms with van der Waals surface area (Å²) in [4.78, 5) is 9.40. The number of likely N-dealkylation sites (N-methyl/N-ethyl adjacent to an activating group) is 1. The van der Waals surface area contributed by atoms with Crippen LogP contribution in [0.1, 0.15) is 32.3 Å². The normalized spacial score (nSPS) is 21.6. The molecule has 1 heterocycles. The summed E-state index contributed by atoms with van der Waals surface area (Å²) >= 11 is 0. The molecule has 6 heteroatoms. The van der Waals surface area contributed by atoms with Gasteiger partial charge in [0.25, 0.3) is 0 Å². The average molecular weight is 390 g/mol. The van der Waals surface area contributed by atoms with Crippen LogP contribution in [-0.2, 0) is 5.41 Å². The number of halogens is 1. The first-order valence-corrected chi connectivity index (χ1v) is 10.6. The Morgan fingerprint density at radius 1 is 1.18 bits per heavy atom. The fourth-order valence-electron chi connectivity index (χ4n) is 4.15. The monoisotopic (exact) mass is 389 g/mol. The Hall–Kier alpha value is -1.66. The van der Waals surface area contributed by atoms with Gasteiger partial charge in [-0.3, -0.25) is 9.89 Å². The molecule has 1 unspecified atom stereocenters. The zero-order valence-electron chi connectivity index (χ0n) is 17.8. The maximum Gasteiger partial charge on any atom is 0.191 e. The summed E-state index contributed by atoms with van der Waals surface area (Å²) in [6.45, 7) is 10.8. The second-order valence-corrected chi connectivity index (χ2v) is 8.75. The minimum Gasteiger partial charge on any atom is -0.356 e. The van der Waals surface area contributed by atoms with E-state index in [-0.39, 0.29) is 11.2 Å². The van der Waals surface area contributed by atoms with Crippen LogP contribution in [0.5, 0.6) is 0 Å². The third-order valence-corrected chi connectivity index (χ3v) is 6.36. The number of nitrogens with one attached hydrogen (secondary N) is 2. The summed E-state index contributed by atoms with van der Waals surface area (Å²) in [5.74, 6) is 1.26. The predicted molar refractivity (Wildman–Crippen MR) is 114 cm³/mol. The molecule has 0 spiro atoms. The van der Waals surface area contributed by atoms with E-state index in [9.17, 15) is 4.39 Å². The van der Waals surface area contributed by atoms with Gasteiger partial charge in [-0.1, -0.05) is 26.0 Å². The van der Waals surface area contributed by atoms with Crippen molar-refractivity contribution in [3.05, 3.63) is 35.6 Å². The van der Waals surface area contributed by atoms with E-state index in [1.165, 1.54) is 6.07 Å². The molecule has 1 aliphatic heterocycles. The highest BCUT2D eigenvalue weighted by atomic mass is 19.1. The van der Waals surface area contributed by atoms with Gasteiger partial charge >= 0.3 is 0 Å². The van der Waals surface area contributed by atoms with Crippen LogP contribution in [0.25, 0.3) is 0 Å². The van der Waals surface area contributed by atoms with Crippen molar-refractivity contribution >= 4 is 5.96 Å². The first kappa shape index (κ1) is 21.1. The van der Waals surface area contributed by atoms with Crippen molar-refractivity contribution in [2.24, 2.45) is 10.9 Å². The van der Waals surface area contributed by atoms with Gasteiger partial charge < -0.3 is 15.5 Å². The molecule has 5 nitrogen and oxygen atoms in total. The van der Waals surface area contributed by atoms with E-state index >= 15 is 0 Å². The summed E-state index contributed by atoms with van der Waals surface area (Å²) in [5, 5.41) is 7.02. The van der Waals surface area contributed by atoms with Gasteiger partial charge in [-0.15, -0.1) is 0 Å². The molecule has 2 fully saturated rings. The molecule has 156 valence electrons. The molecular weight excluding hydrogens is 353 g/mol. The third-order valence-electron chi connectivity index (χ3n) is 6.36. The van der Waals surface area contributed by atoms with Crippen LogP contribution in [0.4, 0.5) is 4.39 Å². The first-order valence-electron chi connectivity index (χ1n) is 10.6. The Bertz CT molecular complexity index is 663. The molecule has 0 radical (unpaired) electrons. The van der Waals surface area contributed by atoms with Gasteiger partial charge in [0.05, 0.1) is 0 Å². The zero-order valence-corrected chi connectivity index (χ0v) is 17.8. The van der Waals surface area contributed by atoms with Crippen molar-refractivity contribution < 1.29 is 4.39 Å². The number of piperazine rings is 1. The predicted octanol–water partition coefficient (Wildman–Crippen LogP) is 2.29. The van der Waals surface area contributed by atoms with Gasteiger partial charge in [-0.2, -0.15) is 0 Å². The van der Waals surface area contributed by atoms with E-state index in [4.69, 9.17) is 0 Å². The lowest BCUT2D eigenvalue weighted by Crippen LogP contribution is -2.55. The van der Waals surface area contributed by atoms with Gasteiger partial charge in [0, 0.05) is 57.8 Å². The number of nitrogens with zero attached hydrogens (tertiary/aromatic N) is 3. The van der Waals surface area contributed by atoms with Gasteiger partial charge in [0.2, 0.25) is 0 Å². The Labute approximate surface area is 169 Å². The largest absolute Gasteiger partial charge is 0.356 e. The van der Waals surface area contributed by atoms with Gasteiger partial charge in [-0.05, 0) is 43.5 Å². The lowest BCUT2D eigenvalue weighted by atomic mass is 9.96. The van der Waals surface area contributed by atoms with E-state index in [0.717, 1.165) is 63.6 Å². The van der Waals surface area contributed by atoms with Gasteiger partial charge in [0.15, 0.2) is 5.96 Å². The Balaban J connectivity index is 1.52. The highest BCUT2D eigenvalue weighted by Crippen LogP contribution is 2.47. The molecule has 0 bridgehead atoms. The second-order valence-electron chi connectivity index (χ2n) is 8.75. The maximum absolute atomic E-state index is 13.6. The Morgan fingerprint density at radius 2 is 1.89 bits per heavy atom. The molecule has 28 heavy (non-hydrogen) atoms. The van der Waals surface area contributed by atoms with Crippen molar-refractivity contribution in [1.82, 2.24) is 20.4 Å². The number of rotatable bonds is 7. The standard InChI is InChI=1S/C22H36FN5/c1-17(2)20(28-12-10-27(4)11-13-28)15-25-21(24-3)26-16-22(8-9-22)18-6-5-7-19(23)14-18/h5-7,14,17,20H,8-13,15-16H2,1-4H3,(H2,24,25,26). The summed E-state index contributed by atoms with van der Waals surface area (Å²) in [6.07, 6.45) is 2.19. The quantitative estimate of drug-likeness (QED) is 0.555. The number of guanidine groups is 1. The topological polar surface area (TPSA) is 42.9 Å². The molecule has 1 aromatic carbocycles. The van der Waals surface area contributed by atoms with Crippen LogP contribution in [0.3, 0.4) is 0 Å². The van der Waals surface area contributed by atoms with E-state index in [1.807, 2.05) is 13.1 Å². The van der Waals surface area contributed by atoms with Crippen molar-refractivity contribution in [1.29, 1.82) is 0 Å². The second kappa shape index (κ2) is 9.23. The van der Waals surface area contributed by atoms with Crippen molar-refractivity contribution in [2.75, 3.05) is 53.4 Å². The minimum atomic E-state index is -0.154. The molecule has 1 aliphatic carbocycles. The van der Waals surface area contributed by atoms with Crippen LogP contribution in [0.15, 0.2) is 29.3 Å². The van der Waals surface area contributed by atoms with Crippen LogP contribution in [-0.4, -0.2) is 75.2 Å². The SMILES string of the molecule is CN=C(NCC(C(C)C)N1CCN(C)CC1)NCC1(c2cccc(F)c2)CC1. The van der Waals surface area contributed by atoms with E-state index in [0.29, 0.717) is 12.0 Å². The van der Waals surface area contributed by atoms with Crippen molar-refractivity contribution in [2.45, 2.75) is 38.1 Å². The Morgan fingerprint density at radius 3 is 2.46 bits per heavy atom. The first-order chi connectivity index (χ1) is 13.4. The summed E-state index contributed by atoms with van der Waals surface area (Å²) in [5.41, 5.74) is 1.14. The number of aliphatic imine (C=N–C) groups is 1. The zero-order chi connectivity index (χ0) is 20.1. The smallest absolute Gasteiger partial charge is 0.191 e. The van der Waals surface area contributed by atoms with Crippen molar-refractivity contribution in [3.63, 3.8) is 0 Å². The molecule has 0 aromatic heterocycles. The molecule has 3 rings (SSSR count). The number of hydrogen-bond donors (Lipinski definition) is 2. The highest BCUT2D eigenvalue weighted by Gasteiger charge is 2.44. The molecule has 1 atom stereocenters. The molecule has 1 saturated carbocycles. The summed E-state index contributed by atoms with van der Waals surface area (Å²) < 4.78 is 13.6. The van der Waals surface area contributed by atoms with Crippen LogP contribution < -0.4 is 10.6 Å². The average Bonchev–Trinajstić information content (AvgIpc) is 3.47. The minimum absolute atomic E-state index is 0.0502. The van der Waals surface area contributed by atoms with Crippen LogP contribution >= 0.6 is 0 Å². The molecule has 2 N–H and O–H groups in total. The van der Waals surface area contributed by atoms with E-state index in [1.54, 1.807) is 12.1 Å². The van der Waals surface area contributed by atoms with Crippen molar-refractivity contribution in [3.8, 4) is 0 Å².